The van der Waals surface area contributed by atoms with Gasteiger partial charge >= 0.3 is 0 Å². The molecule has 0 bridgehead atoms. The highest BCUT2D eigenvalue weighted by molar-refractivity contribution is 6.42. The summed E-state index contributed by atoms with van der Waals surface area (Å²) in [7, 11) is 1.57. The van der Waals surface area contributed by atoms with Crippen molar-refractivity contribution in [3.63, 3.8) is 0 Å². The first kappa shape index (κ1) is 29.5. The Kier molecular flexibility index (Phi) is 10.7. The van der Waals surface area contributed by atoms with E-state index in [1.54, 1.807) is 19.2 Å². The molecule has 4 rings (SSSR count). The van der Waals surface area contributed by atoms with E-state index in [4.69, 9.17) is 39.5 Å². The number of hydrogen-bond acceptors (Lipinski definition) is 3. The largest absolute Gasteiger partial charge is 0.383 e. The van der Waals surface area contributed by atoms with Gasteiger partial charge in [-0.3, -0.25) is 9.59 Å². The summed E-state index contributed by atoms with van der Waals surface area (Å²) in [4.78, 5) is 30.9. The van der Waals surface area contributed by atoms with E-state index in [0.717, 1.165) is 36.9 Å². The van der Waals surface area contributed by atoms with Gasteiger partial charge in [-0.05, 0) is 54.8 Å². The van der Waals surface area contributed by atoms with Crippen molar-refractivity contribution in [3.8, 4) is 0 Å². The summed E-state index contributed by atoms with van der Waals surface area (Å²) in [5.74, 6) is -0.374. The average molecular weight is 591 g/mol. The van der Waals surface area contributed by atoms with Gasteiger partial charge in [-0.15, -0.1) is 0 Å². The molecule has 1 aliphatic rings. The number of carbonyl (C=O) groups excluding carboxylic acids is 2. The minimum absolute atomic E-state index is 0.0514. The smallest absolute Gasteiger partial charge is 0.254 e. The summed E-state index contributed by atoms with van der Waals surface area (Å²) in [5, 5.41) is 1.38. The monoisotopic (exact) mass is 589 g/mol. The Labute approximate surface area is 245 Å². The summed E-state index contributed by atoms with van der Waals surface area (Å²) in [6.07, 6.45) is 7.28. The lowest BCUT2D eigenvalue weighted by Gasteiger charge is -2.36. The lowest BCUT2D eigenvalue weighted by atomic mass is 9.94. The van der Waals surface area contributed by atoms with Crippen LogP contribution in [-0.4, -0.2) is 59.0 Å². The lowest BCUT2D eigenvalue weighted by molar-refractivity contribution is -0.135. The van der Waals surface area contributed by atoms with Gasteiger partial charge in [0.2, 0.25) is 5.91 Å². The first-order valence-corrected chi connectivity index (χ1v) is 14.4. The number of benzene rings is 2. The van der Waals surface area contributed by atoms with Gasteiger partial charge in [-0.25, -0.2) is 0 Å². The van der Waals surface area contributed by atoms with Gasteiger partial charge in [-0.2, -0.15) is 0 Å². The quantitative estimate of drug-likeness (QED) is 0.243. The van der Waals surface area contributed by atoms with Crippen molar-refractivity contribution in [2.24, 2.45) is 0 Å². The van der Waals surface area contributed by atoms with Gasteiger partial charge < -0.3 is 19.1 Å². The molecule has 0 atom stereocenters. The number of amides is 2. The Morgan fingerprint density at radius 2 is 1.72 bits per heavy atom. The second kappa shape index (κ2) is 14.2. The summed E-state index contributed by atoms with van der Waals surface area (Å²) in [6.45, 7) is 1.61. The van der Waals surface area contributed by atoms with Crippen molar-refractivity contribution in [3.05, 3.63) is 92.7 Å². The first-order chi connectivity index (χ1) is 18.9. The van der Waals surface area contributed by atoms with Crippen molar-refractivity contribution in [1.82, 2.24) is 14.4 Å². The molecule has 9 heteroatoms. The number of carbonyl (C=O) groups is 2. The Bertz CT molecular complexity index is 1270. The molecule has 39 heavy (non-hydrogen) atoms. The number of rotatable bonds is 11. The molecule has 2 aromatic carbocycles. The zero-order chi connectivity index (χ0) is 27.8. The third-order valence-corrected chi connectivity index (χ3v) is 8.34. The Hall–Kier alpha value is -2.51. The second-order valence-electron chi connectivity index (χ2n) is 9.88. The number of hydrogen-bond donors (Lipinski definition) is 0. The van der Waals surface area contributed by atoms with E-state index in [9.17, 15) is 9.59 Å². The molecule has 0 unspecified atom stereocenters. The predicted octanol–water partition coefficient (Wildman–Crippen LogP) is 6.95. The van der Waals surface area contributed by atoms with E-state index in [-0.39, 0.29) is 30.9 Å². The minimum Gasteiger partial charge on any atom is -0.383 e. The maximum absolute atomic E-state index is 13.9. The number of aromatic nitrogens is 1. The van der Waals surface area contributed by atoms with Gasteiger partial charge in [0, 0.05) is 48.7 Å². The van der Waals surface area contributed by atoms with Gasteiger partial charge in [0.1, 0.15) is 6.54 Å². The molecule has 3 aromatic rings. The molecule has 1 aliphatic carbocycles. The summed E-state index contributed by atoms with van der Waals surface area (Å²) in [6, 6.07) is 16.7. The molecule has 1 heterocycles. The zero-order valence-corrected chi connectivity index (χ0v) is 24.4. The highest BCUT2D eigenvalue weighted by Crippen LogP contribution is 2.26. The Balaban J connectivity index is 1.56. The van der Waals surface area contributed by atoms with E-state index in [2.05, 4.69) is 4.57 Å². The fraction of sp³-hybridized carbons (Fsp3) is 0.400. The van der Waals surface area contributed by atoms with Crippen LogP contribution in [-0.2, 0) is 22.6 Å². The molecule has 1 fully saturated rings. The topological polar surface area (TPSA) is 54.8 Å². The van der Waals surface area contributed by atoms with Crippen molar-refractivity contribution in [2.45, 2.75) is 51.2 Å². The van der Waals surface area contributed by atoms with Crippen LogP contribution in [0.4, 0.5) is 0 Å². The minimum atomic E-state index is -0.287. The van der Waals surface area contributed by atoms with Crippen LogP contribution in [0.25, 0.3) is 0 Å². The molecule has 0 N–H and O–H groups in total. The number of methoxy groups -OCH3 is 1. The third-order valence-electron chi connectivity index (χ3n) is 7.24. The highest BCUT2D eigenvalue weighted by Gasteiger charge is 2.29. The van der Waals surface area contributed by atoms with Crippen LogP contribution in [0.3, 0.4) is 0 Å². The molecule has 208 valence electrons. The van der Waals surface area contributed by atoms with E-state index in [1.165, 1.54) is 17.4 Å². The summed E-state index contributed by atoms with van der Waals surface area (Å²) in [5.41, 5.74) is 2.42. The van der Waals surface area contributed by atoms with Gasteiger partial charge in [0.15, 0.2) is 0 Å². The molecule has 0 radical (unpaired) electrons. The molecule has 0 saturated heterocycles. The van der Waals surface area contributed by atoms with Crippen molar-refractivity contribution < 1.29 is 14.3 Å². The van der Waals surface area contributed by atoms with Gasteiger partial charge in [0.05, 0.1) is 23.2 Å². The standard InChI is InChI=1S/C30H34Cl3N3O3/c1-39-17-16-35(30(38)22-13-14-27(32)28(33)18-22)21-29(37)36(24-9-3-2-4-10-24)20-25-11-7-15-34(25)19-23-8-5-6-12-26(23)31/h5-8,11-15,18,24H,2-4,9-10,16-17,19-21H2,1H3. The summed E-state index contributed by atoms with van der Waals surface area (Å²) >= 11 is 18.7. The first-order valence-electron chi connectivity index (χ1n) is 13.3. The normalized spacial score (nSPS) is 13.8. The molecular weight excluding hydrogens is 557 g/mol. The van der Waals surface area contributed by atoms with Crippen LogP contribution < -0.4 is 0 Å². The van der Waals surface area contributed by atoms with Crippen LogP contribution in [0.5, 0.6) is 0 Å². The number of ether oxygens (including phenoxy) is 1. The van der Waals surface area contributed by atoms with Crippen molar-refractivity contribution in [2.75, 3.05) is 26.8 Å². The third kappa shape index (κ3) is 7.79. The van der Waals surface area contributed by atoms with E-state index in [0.29, 0.717) is 40.3 Å². The predicted molar refractivity (Wildman–Crippen MR) is 157 cm³/mol. The van der Waals surface area contributed by atoms with E-state index in [1.807, 2.05) is 47.5 Å². The van der Waals surface area contributed by atoms with Crippen molar-refractivity contribution in [1.29, 1.82) is 0 Å². The number of nitrogens with zero attached hydrogens (tertiary/aromatic N) is 3. The molecule has 1 saturated carbocycles. The van der Waals surface area contributed by atoms with Crippen LogP contribution in [0, 0.1) is 0 Å². The van der Waals surface area contributed by atoms with Crippen molar-refractivity contribution >= 4 is 46.6 Å². The van der Waals surface area contributed by atoms with E-state index < -0.39 is 0 Å². The molecule has 0 aliphatic heterocycles. The second-order valence-corrected chi connectivity index (χ2v) is 11.1. The summed E-state index contributed by atoms with van der Waals surface area (Å²) < 4.78 is 7.38. The molecule has 0 spiro atoms. The Morgan fingerprint density at radius 3 is 2.44 bits per heavy atom. The Morgan fingerprint density at radius 1 is 0.949 bits per heavy atom. The SMILES string of the molecule is COCCN(CC(=O)N(Cc1cccn1Cc1ccccc1Cl)C1CCCCC1)C(=O)c1ccc(Cl)c(Cl)c1. The van der Waals surface area contributed by atoms with Gasteiger partial charge in [-0.1, -0.05) is 72.3 Å². The van der Waals surface area contributed by atoms with Gasteiger partial charge in [0.25, 0.3) is 5.91 Å². The fourth-order valence-corrected chi connectivity index (χ4v) is 5.56. The molecule has 1 aromatic heterocycles. The maximum atomic E-state index is 13.9. The fourth-order valence-electron chi connectivity index (χ4n) is 5.07. The molecule has 2 amide bonds. The van der Waals surface area contributed by atoms with Crippen LogP contribution in [0.15, 0.2) is 60.8 Å². The lowest BCUT2D eigenvalue weighted by Crippen LogP contribution is -2.48. The highest BCUT2D eigenvalue weighted by atomic mass is 35.5. The maximum Gasteiger partial charge on any atom is 0.254 e. The van der Waals surface area contributed by atoms with Crippen LogP contribution >= 0.6 is 34.8 Å². The van der Waals surface area contributed by atoms with E-state index >= 15 is 0 Å². The zero-order valence-electron chi connectivity index (χ0n) is 22.1. The number of halogens is 3. The van der Waals surface area contributed by atoms with Crippen LogP contribution in [0.2, 0.25) is 15.1 Å². The van der Waals surface area contributed by atoms with Crippen LogP contribution in [0.1, 0.15) is 53.7 Å². The average Bonchev–Trinajstić information content (AvgIpc) is 3.38. The molecular formula is C30H34Cl3N3O3. The molecule has 6 nitrogen and oxygen atoms in total.